The van der Waals surface area contributed by atoms with Crippen LogP contribution in [0.15, 0.2) is 17.0 Å². The summed E-state index contributed by atoms with van der Waals surface area (Å²) < 4.78 is 32.4. The highest BCUT2D eigenvalue weighted by Gasteiger charge is 2.22. The number of sulfonamides is 1. The molecule has 0 radical (unpaired) electrons. The third-order valence-electron chi connectivity index (χ3n) is 3.07. The average Bonchev–Trinajstić information content (AvgIpc) is 2.40. The van der Waals surface area contributed by atoms with Crippen LogP contribution in [0.4, 0.5) is 0 Å². The van der Waals surface area contributed by atoms with Crippen LogP contribution in [0, 0.1) is 6.92 Å². The molecule has 0 fully saturated rings. The van der Waals surface area contributed by atoms with E-state index < -0.39 is 10.0 Å². The SMILES string of the molecule is CCC(COC)NS(=O)(=O)c1cc(Cl)cc(CO)c1C. The maximum atomic E-state index is 12.4. The molecule has 114 valence electrons. The number of benzene rings is 1. The topological polar surface area (TPSA) is 75.6 Å². The summed E-state index contributed by atoms with van der Waals surface area (Å²) in [5.41, 5.74) is 0.995. The van der Waals surface area contributed by atoms with Gasteiger partial charge in [0.1, 0.15) is 0 Å². The second-order valence-electron chi connectivity index (χ2n) is 4.53. The van der Waals surface area contributed by atoms with E-state index in [9.17, 15) is 13.5 Å². The normalized spacial score (nSPS) is 13.4. The number of aliphatic hydroxyl groups excluding tert-OH is 1. The first kappa shape index (κ1) is 17.4. The van der Waals surface area contributed by atoms with Gasteiger partial charge in [-0.2, -0.15) is 0 Å². The fourth-order valence-electron chi connectivity index (χ4n) is 1.87. The molecule has 0 saturated carbocycles. The lowest BCUT2D eigenvalue weighted by Crippen LogP contribution is -2.37. The maximum absolute atomic E-state index is 12.4. The van der Waals surface area contributed by atoms with Gasteiger partial charge in [-0.3, -0.25) is 0 Å². The van der Waals surface area contributed by atoms with Gasteiger partial charge in [-0.15, -0.1) is 0 Å². The lowest BCUT2D eigenvalue weighted by molar-refractivity contribution is 0.173. The second-order valence-corrected chi connectivity index (χ2v) is 6.65. The first-order chi connectivity index (χ1) is 9.35. The van der Waals surface area contributed by atoms with E-state index in [1.54, 1.807) is 13.0 Å². The molecule has 20 heavy (non-hydrogen) atoms. The summed E-state index contributed by atoms with van der Waals surface area (Å²) in [6.45, 7) is 3.55. The predicted molar refractivity (Wildman–Crippen MR) is 78.4 cm³/mol. The summed E-state index contributed by atoms with van der Waals surface area (Å²) in [7, 11) is -2.19. The molecule has 1 aromatic rings. The van der Waals surface area contributed by atoms with E-state index in [0.29, 0.717) is 24.2 Å². The van der Waals surface area contributed by atoms with Gasteiger partial charge in [0.15, 0.2) is 0 Å². The molecule has 5 nitrogen and oxygen atoms in total. The van der Waals surface area contributed by atoms with Crippen molar-refractivity contribution in [3.8, 4) is 0 Å². The second kappa shape index (κ2) is 7.38. The molecule has 1 aromatic carbocycles. The smallest absolute Gasteiger partial charge is 0.241 e. The van der Waals surface area contributed by atoms with E-state index in [0.717, 1.165) is 0 Å². The summed E-state index contributed by atoms with van der Waals surface area (Å²) in [5, 5.41) is 9.53. The molecule has 0 spiro atoms. The van der Waals surface area contributed by atoms with E-state index in [1.165, 1.54) is 13.2 Å². The minimum Gasteiger partial charge on any atom is -0.392 e. The van der Waals surface area contributed by atoms with Crippen molar-refractivity contribution in [1.29, 1.82) is 0 Å². The molecule has 0 aliphatic heterocycles. The van der Waals surface area contributed by atoms with Gasteiger partial charge in [0.2, 0.25) is 10.0 Å². The predicted octanol–water partition coefficient (Wildman–Crippen LogP) is 1.84. The van der Waals surface area contributed by atoms with E-state index in [1.807, 2.05) is 6.92 Å². The number of aliphatic hydroxyl groups is 1. The maximum Gasteiger partial charge on any atom is 0.241 e. The van der Waals surface area contributed by atoms with Crippen molar-refractivity contribution < 1.29 is 18.3 Å². The summed E-state index contributed by atoms with van der Waals surface area (Å²) in [4.78, 5) is 0.0867. The molecule has 0 heterocycles. The average molecular weight is 322 g/mol. The van der Waals surface area contributed by atoms with E-state index >= 15 is 0 Å². The minimum absolute atomic E-state index is 0.0867. The molecular weight excluding hydrogens is 302 g/mol. The fourth-order valence-corrected chi connectivity index (χ4v) is 3.79. The van der Waals surface area contributed by atoms with Gasteiger partial charge in [0.05, 0.1) is 18.1 Å². The standard InChI is InChI=1S/C13H20ClNO4S/c1-4-12(8-19-3)15-20(17,18)13-6-11(14)5-10(7-16)9(13)2/h5-6,12,15-16H,4,7-8H2,1-3H3. The zero-order valence-electron chi connectivity index (χ0n) is 11.8. The number of hydrogen-bond acceptors (Lipinski definition) is 4. The van der Waals surface area contributed by atoms with Crippen LogP contribution in [-0.2, 0) is 21.4 Å². The summed E-state index contributed by atoms with van der Waals surface area (Å²) in [6.07, 6.45) is 0.611. The Hall–Kier alpha value is -0.660. The van der Waals surface area contributed by atoms with Crippen LogP contribution < -0.4 is 4.72 Å². The molecule has 1 rings (SSSR count). The van der Waals surface area contributed by atoms with Crippen molar-refractivity contribution in [2.45, 2.75) is 37.8 Å². The first-order valence-corrected chi connectivity index (χ1v) is 8.13. The number of nitrogens with one attached hydrogen (secondary N) is 1. The number of halogens is 1. The highest BCUT2D eigenvalue weighted by molar-refractivity contribution is 7.89. The number of methoxy groups -OCH3 is 1. The van der Waals surface area contributed by atoms with Crippen molar-refractivity contribution in [2.24, 2.45) is 0 Å². The van der Waals surface area contributed by atoms with Crippen LogP contribution in [0.1, 0.15) is 24.5 Å². The Balaban J connectivity index is 3.18. The molecule has 0 aliphatic rings. The molecule has 0 aliphatic carbocycles. The van der Waals surface area contributed by atoms with E-state index in [-0.39, 0.29) is 22.6 Å². The molecular formula is C13H20ClNO4S. The van der Waals surface area contributed by atoms with Crippen molar-refractivity contribution in [1.82, 2.24) is 4.72 Å². The Kier molecular flexibility index (Phi) is 6.42. The monoisotopic (exact) mass is 321 g/mol. The van der Waals surface area contributed by atoms with Gasteiger partial charge < -0.3 is 9.84 Å². The Morgan fingerprint density at radius 3 is 2.60 bits per heavy atom. The zero-order chi connectivity index (χ0) is 15.3. The van der Waals surface area contributed by atoms with Crippen LogP contribution in [0.5, 0.6) is 0 Å². The van der Waals surface area contributed by atoms with Gasteiger partial charge in [-0.1, -0.05) is 18.5 Å². The van der Waals surface area contributed by atoms with E-state index in [4.69, 9.17) is 16.3 Å². The zero-order valence-corrected chi connectivity index (χ0v) is 13.4. The Labute approximate surface area is 125 Å². The summed E-state index contributed by atoms with van der Waals surface area (Å²) in [5.74, 6) is 0. The first-order valence-electron chi connectivity index (χ1n) is 6.26. The third-order valence-corrected chi connectivity index (χ3v) is 4.94. The highest BCUT2D eigenvalue weighted by atomic mass is 35.5. The quantitative estimate of drug-likeness (QED) is 0.803. The van der Waals surface area contributed by atoms with Gasteiger partial charge in [0, 0.05) is 18.2 Å². The fraction of sp³-hybridized carbons (Fsp3) is 0.538. The van der Waals surface area contributed by atoms with Crippen molar-refractivity contribution in [3.63, 3.8) is 0 Å². The Morgan fingerprint density at radius 2 is 2.10 bits per heavy atom. The molecule has 0 saturated heterocycles. The molecule has 2 N–H and O–H groups in total. The van der Waals surface area contributed by atoms with Crippen LogP contribution >= 0.6 is 11.6 Å². The summed E-state index contributed by atoms with van der Waals surface area (Å²) >= 11 is 5.91. The van der Waals surface area contributed by atoms with Crippen molar-refractivity contribution in [2.75, 3.05) is 13.7 Å². The van der Waals surface area contributed by atoms with Crippen LogP contribution in [0.3, 0.4) is 0 Å². The Bertz CT molecular complexity index is 560. The Morgan fingerprint density at radius 1 is 1.45 bits per heavy atom. The lowest BCUT2D eigenvalue weighted by atomic mass is 10.1. The van der Waals surface area contributed by atoms with Gasteiger partial charge >= 0.3 is 0 Å². The molecule has 7 heteroatoms. The molecule has 0 aromatic heterocycles. The molecule has 1 unspecified atom stereocenters. The van der Waals surface area contributed by atoms with Crippen LogP contribution in [-0.4, -0.2) is 33.3 Å². The third kappa shape index (κ3) is 4.17. The summed E-state index contributed by atoms with van der Waals surface area (Å²) in [6, 6.07) is 2.64. The van der Waals surface area contributed by atoms with Crippen LogP contribution in [0.25, 0.3) is 0 Å². The molecule has 0 amide bonds. The van der Waals surface area contributed by atoms with Crippen LogP contribution in [0.2, 0.25) is 5.02 Å². The molecule has 1 atom stereocenters. The van der Waals surface area contributed by atoms with Gasteiger partial charge in [-0.05, 0) is 36.6 Å². The van der Waals surface area contributed by atoms with Gasteiger partial charge in [0.25, 0.3) is 0 Å². The number of rotatable bonds is 7. The van der Waals surface area contributed by atoms with Crippen molar-refractivity contribution in [3.05, 3.63) is 28.3 Å². The molecule has 0 bridgehead atoms. The lowest BCUT2D eigenvalue weighted by Gasteiger charge is -2.18. The van der Waals surface area contributed by atoms with Crippen molar-refractivity contribution >= 4 is 21.6 Å². The number of ether oxygens (including phenoxy) is 1. The van der Waals surface area contributed by atoms with E-state index in [2.05, 4.69) is 4.72 Å². The van der Waals surface area contributed by atoms with Gasteiger partial charge in [-0.25, -0.2) is 13.1 Å². The minimum atomic E-state index is -3.71. The number of hydrogen-bond donors (Lipinski definition) is 2. The highest BCUT2D eigenvalue weighted by Crippen LogP contribution is 2.24. The largest absolute Gasteiger partial charge is 0.392 e.